The van der Waals surface area contributed by atoms with Gasteiger partial charge in [0.1, 0.15) is 0 Å². The van der Waals surface area contributed by atoms with Gasteiger partial charge in [0.25, 0.3) is 5.91 Å². The number of Topliss-reactive ketones (excluding diaryl/α,β-unsaturated/α-hetero) is 1. The van der Waals surface area contributed by atoms with E-state index in [1.54, 1.807) is 23.1 Å². The zero-order valence-corrected chi connectivity index (χ0v) is 15.4. The van der Waals surface area contributed by atoms with Crippen molar-refractivity contribution >= 4 is 17.4 Å². The molecule has 1 atom stereocenters. The topological polar surface area (TPSA) is 70.8 Å². The van der Waals surface area contributed by atoms with Crippen molar-refractivity contribution in [3.63, 3.8) is 0 Å². The number of nitrogens with zero attached hydrogens (tertiary/aromatic N) is 1. The molecule has 2 heterocycles. The number of aliphatic hydroxyl groups is 1. The molecule has 3 aromatic rings. The van der Waals surface area contributed by atoms with Crippen molar-refractivity contribution in [2.45, 2.75) is 24.9 Å². The third-order valence-corrected chi connectivity index (χ3v) is 5.14. The van der Waals surface area contributed by atoms with E-state index in [0.717, 1.165) is 12.8 Å². The van der Waals surface area contributed by atoms with Crippen LogP contribution in [0.5, 0.6) is 0 Å². The van der Waals surface area contributed by atoms with Gasteiger partial charge < -0.3 is 14.4 Å². The average Bonchev–Trinajstić information content (AvgIpc) is 3.32. The number of para-hydroxylation sites is 1. The number of aryl methyl sites for hydroxylation is 1. The molecule has 1 aliphatic heterocycles. The molecular formula is C23H21NO4. The van der Waals surface area contributed by atoms with Gasteiger partial charge in [-0.3, -0.25) is 9.59 Å². The van der Waals surface area contributed by atoms with Gasteiger partial charge in [0.2, 0.25) is 5.78 Å². The van der Waals surface area contributed by atoms with Gasteiger partial charge in [0, 0.05) is 12.1 Å². The number of amides is 1. The molecule has 142 valence electrons. The first-order valence-electron chi connectivity index (χ1n) is 9.34. The van der Waals surface area contributed by atoms with Gasteiger partial charge in [0.15, 0.2) is 11.4 Å². The Morgan fingerprint density at radius 2 is 1.75 bits per heavy atom. The van der Waals surface area contributed by atoms with Crippen LogP contribution in [0.2, 0.25) is 0 Å². The van der Waals surface area contributed by atoms with E-state index in [-0.39, 0.29) is 12.2 Å². The predicted octanol–water partition coefficient (Wildman–Crippen LogP) is 3.72. The largest absolute Gasteiger partial charge is 0.461 e. The monoisotopic (exact) mass is 375 g/mol. The Labute approximate surface area is 163 Å². The second-order valence-electron chi connectivity index (χ2n) is 7.00. The highest BCUT2D eigenvalue weighted by atomic mass is 16.3. The minimum atomic E-state index is -1.87. The summed E-state index contributed by atoms with van der Waals surface area (Å²) in [5.74, 6) is -0.718. The molecule has 0 radical (unpaired) electrons. The lowest BCUT2D eigenvalue weighted by molar-refractivity contribution is -0.135. The molecule has 0 saturated carbocycles. The number of rotatable bonds is 7. The van der Waals surface area contributed by atoms with E-state index >= 15 is 0 Å². The van der Waals surface area contributed by atoms with Crippen LogP contribution in [0.3, 0.4) is 0 Å². The fraction of sp³-hybridized carbons (Fsp3) is 0.217. The van der Waals surface area contributed by atoms with Crippen LogP contribution in [0.4, 0.5) is 5.69 Å². The molecule has 0 fully saturated rings. The lowest BCUT2D eigenvalue weighted by Gasteiger charge is -2.22. The van der Waals surface area contributed by atoms with E-state index in [0.29, 0.717) is 17.8 Å². The molecule has 28 heavy (non-hydrogen) atoms. The van der Waals surface area contributed by atoms with Crippen LogP contribution in [0.25, 0.3) is 0 Å². The maximum absolute atomic E-state index is 13.1. The smallest absolute Gasteiger partial charge is 0.264 e. The van der Waals surface area contributed by atoms with Gasteiger partial charge in [-0.2, -0.15) is 0 Å². The SMILES string of the molecule is O=C(CC1(O)C(=O)N(CCCc2ccccc2)c2ccccc21)c1ccco1. The van der Waals surface area contributed by atoms with E-state index in [9.17, 15) is 14.7 Å². The Bertz CT molecular complexity index is 981. The summed E-state index contributed by atoms with van der Waals surface area (Å²) in [6, 6.07) is 20.3. The summed E-state index contributed by atoms with van der Waals surface area (Å²) >= 11 is 0. The van der Waals surface area contributed by atoms with Gasteiger partial charge in [0.05, 0.1) is 18.4 Å². The van der Waals surface area contributed by atoms with Crippen LogP contribution in [-0.2, 0) is 16.8 Å². The fourth-order valence-electron chi connectivity index (χ4n) is 3.74. The maximum atomic E-state index is 13.1. The maximum Gasteiger partial charge on any atom is 0.264 e. The lowest BCUT2D eigenvalue weighted by atomic mass is 9.89. The summed E-state index contributed by atoms with van der Waals surface area (Å²) in [4.78, 5) is 27.2. The van der Waals surface area contributed by atoms with E-state index in [1.807, 2.05) is 30.3 Å². The highest BCUT2D eigenvalue weighted by molar-refractivity contribution is 6.10. The zero-order valence-electron chi connectivity index (χ0n) is 15.4. The van der Waals surface area contributed by atoms with Crippen molar-refractivity contribution in [2.24, 2.45) is 0 Å². The number of benzene rings is 2. The van der Waals surface area contributed by atoms with E-state index in [4.69, 9.17) is 4.42 Å². The van der Waals surface area contributed by atoms with Gasteiger partial charge in [-0.1, -0.05) is 48.5 Å². The third kappa shape index (κ3) is 3.25. The van der Waals surface area contributed by atoms with Crippen LogP contribution in [0.1, 0.15) is 34.5 Å². The number of hydrogen-bond donors (Lipinski definition) is 1. The molecule has 1 aliphatic rings. The van der Waals surface area contributed by atoms with Crippen LogP contribution in [0, 0.1) is 0 Å². The Morgan fingerprint density at radius 1 is 1.00 bits per heavy atom. The minimum absolute atomic E-state index is 0.140. The average molecular weight is 375 g/mol. The first-order chi connectivity index (χ1) is 13.6. The molecule has 4 rings (SSSR count). The summed E-state index contributed by atoms with van der Waals surface area (Å²) in [5.41, 5.74) is 0.466. The molecule has 1 N–H and O–H groups in total. The zero-order chi connectivity index (χ0) is 19.6. The van der Waals surface area contributed by atoms with Gasteiger partial charge in [-0.15, -0.1) is 0 Å². The van der Waals surface area contributed by atoms with Crippen molar-refractivity contribution < 1.29 is 19.1 Å². The molecule has 1 aromatic heterocycles. The highest BCUT2D eigenvalue weighted by Crippen LogP contribution is 2.42. The first kappa shape index (κ1) is 18.2. The summed E-state index contributed by atoms with van der Waals surface area (Å²) in [6.07, 6.45) is 2.64. The van der Waals surface area contributed by atoms with E-state index < -0.39 is 17.3 Å². The Balaban J connectivity index is 1.54. The Morgan fingerprint density at radius 3 is 2.50 bits per heavy atom. The molecular weight excluding hydrogens is 354 g/mol. The standard InChI is InChI=1S/C23H21NO4/c25-20(21-13-7-15-28-21)16-23(27)18-11-4-5-12-19(18)24(22(23)26)14-6-10-17-8-2-1-3-9-17/h1-5,7-9,11-13,15,27H,6,10,14,16H2. The summed E-state index contributed by atoms with van der Waals surface area (Å²) < 4.78 is 5.13. The Kier molecular flexibility index (Phi) is 4.84. The molecule has 5 nitrogen and oxygen atoms in total. The van der Waals surface area contributed by atoms with Gasteiger partial charge in [-0.05, 0) is 36.6 Å². The van der Waals surface area contributed by atoms with Crippen molar-refractivity contribution in [1.29, 1.82) is 0 Å². The van der Waals surface area contributed by atoms with Gasteiger partial charge >= 0.3 is 0 Å². The number of anilines is 1. The fourth-order valence-corrected chi connectivity index (χ4v) is 3.74. The quantitative estimate of drug-likeness (QED) is 0.639. The number of hydrogen-bond acceptors (Lipinski definition) is 4. The molecule has 5 heteroatoms. The van der Waals surface area contributed by atoms with Crippen LogP contribution < -0.4 is 4.90 Å². The third-order valence-electron chi connectivity index (χ3n) is 5.14. The van der Waals surface area contributed by atoms with Crippen molar-refractivity contribution in [1.82, 2.24) is 0 Å². The van der Waals surface area contributed by atoms with Crippen LogP contribution in [0.15, 0.2) is 77.4 Å². The van der Waals surface area contributed by atoms with Crippen molar-refractivity contribution in [2.75, 3.05) is 11.4 Å². The van der Waals surface area contributed by atoms with E-state index in [2.05, 4.69) is 12.1 Å². The number of fused-ring (bicyclic) bond motifs is 1. The lowest BCUT2D eigenvalue weighted by Crippen LogP contribution is -2.42. The minimum Gasteiger partial charge on any atom is -0.461 e. The number of carbonyl (C=O) groups excluding carboxylic acids is 2. The molecule has 0 spiro atoms. The summed E-state index contributed by atoms with van der Waals surface area (Å²) in [6.45, 7) is 0.474. The highest BCUT2D eigenvalue weighted by Gasteiger charge is 2.50. The Hall–Kier alpha value is -3.18. The second kappa shape index (κ2) is 7.44. The molecule has 0 saturated heterocycles. The number of ketones is 1. The molecule has 1 unspecified atom stereocenters. The van der Waals surface area contributed by atoms with Crippen LogP contribution in [-0.4, -0.2) is 23.3 Å². The van der Waals surface area contributed by atoms with Crippen molar-refractivity contribution in [3.8, 4) is 0 Å². The van der Waals surface area contributed by atoms with E-state index in [1.165, 1.54) is 17.9 Å². The number of furan rings is 1. The molecule has 2 aromatic carbocycles. The number of carbonyl (C=O) groups is 2. The summed E-state index contributed by atoms with van der Waals surface area (Å²) in [7, 11) is 0. The van der Waals surface area contributed by atoms with Gasteiger partial charge in [-0.25, -0.2) is 0 Å². The van der Waals surface area contributed by atoms with Crippen LogP contribution >= 0.6 is 0 Å². The second-order valence-corrected chi connectivity index (χ2v) is 7.00. The summed E-state index contributed by atoms with van der Waals surface area (Å²) in [5, 5.41) is 11.2. The van der Waals surface area contributed by atoms with Crippen molar-refractivity contribution in [3.05, 3.63) is 89.9 Å². The predicted molar refractivity (Wildman–Crippen MR) is 105 cm³/mol. The molecule has 0 aliphatic carbocycles. The molecule has 0 bridgehead atoms. The normalized spacial score (nSPS) is 18.3. The first-order valence-corrected chi connectivity index (χ1v) is 9.34. The molecule has 1 amide bonds.